The zero-order valence-electron chi connectivity index (χ0n) is 31.1. The average Bonchev–Trinajstić information content (AvgIpc) is 3.84. The number of halogens is 1. The number of benzene rings is 1. The van der Waals surface area contributed by atoms with E-state index < -0.39 is 11.6 Å². The zero-order chi connectivity index (χ0) is 37.2. The van der Waals surface area contributed by atoms with E-state index in [-0.39, 0.29) is 17.6 Å². The maximum absolute atomic E-state index is 11.7. The molecule has 0 radical (unpaired) electrons. The molecule has 13 nitrogen and oxygen atoms in total. The largest absolute Gasteiger partial charge is 0.465 e. The third kappa shape index (κ3) is 6.30. The summed E-state index contributed by atoms with van der Waals surface area (Å²) >= 11 is 3.87. The second kappa shape index (κ2) is 13.6. The molecule has 54 heavy (non-hydrogen) atoms. The van der Waals surface area contributed by atoms with Gasteiger partial charge in [-0.15, -0.1) is 5.10 Å². The molecule has 4 aliphatic rings. The molecule has 1 aliphatic carbocycles. The predicted octanol–water partition coefficient (Wildman–Crippen LogP) is 7.53. The number of anilines is 3. The molecule has 7 heterocycles. The summed E-state index contributed by atoms with van der Waals surface area (Å²) in [4.78, 5) is 32.0. The number of hydrogen-bond donors (Lipinski definition) is 2. The Morgan fingerprint density at radius 3 is 2.65 bits per heavy atom. The molecule has 2 fully saturated rings. The zero-order valence-corrected chi connectivity index (χ0v) is 32.7. The van der Waals surface area contributed by atoms with Gasteiger partial charge in [0.2, 0.25) is 0 Å². The van der Waals surface area contributed by atoms with Crippen molar-refractivity contribution in [2.75, 3.05) is 36.0 Å². The summed E-state index contributed by atoms with van der Waals surface area (Å²) < 4.78 is 10.8. The number of nitrogens with one attached hydrogen (secondary N) is 1. The molecule has 4 aromatic heterocycles. The van der Waals surface area contributed by atoms with Crippen LogP contribution in [0, 0.1) is 5.41 Å². The van der Waals surface area contributed by atoms with Crippen LogP contribution in [0.25, 0.3) is 22.4 Å². The summed E-state index contributed by atoms with van der Waals surface area (Å²) in [5.74, 6) is 1.85. The van der Waals surface area contributed by atoms with Gasteiger partial charge >= 0.3 is 6.09 Å². The fourth-order valence-corrected chi connectivity index (χ4v) is 10.0. The summed E-state index contributed by atoms with van der Waals surface area (Å²) in [6, 6.07) is 13.0. The molecular formula is C40H47BrN10O3. The molecule has 2 saturated heterocycles. The second-order valence-corrected chi connectivity index (χ2v) is 17.0. The maximum atomic E-state index is 11.7. The minimum absolute atomic E-state index is 0.0408. The number of carboxylic acid groups (broad SMARTS) is 1. The van der Waals surface area contributed by atoms with Gasteiger partial charge in [0.15, 0.2) is 29.0 Å². The number of nitrogens with zero attached hydrogens (tertiary/aromatic N) is 9. The van der Waals surface area contributed by atoms with Gasteiger partial charge in [-0.1, -0.05) is 24.3 Å². The standard InChI is InChI=1S/C40H47BrN10O3/c1-39(2,46-38(52)53)22-28-27-10-5-4-9-25(27)21-40(28)15-18-49(19-16-40)37-34(41)44-33-35(45-37)51(32-12-6-7-20-54-32)47-36(33)50-17-8-11-30-31(50)14-13-29(43-30)26-23-42-48(3)24-26/h4-5,9-10,13-14,23-24,28,32,46H,6-8,11-12,15-22H2,1-3H3,(H,52,53)/t28-,32?/m1/s1. The van der Waals surface area contributed by atoms with Crippen molar-refractivity contribution in [1.29, 1.82) is 0 Å². The first-order chi connectivity index (χ1) is 26.1. The number of amides is 1. The van der Waals surface area contributed by atoms with E-state index in [2.05, 4.69) is 72.5 Å². The molecule has 9 rings (SSSR count). The average molecular weight is 796 g/mol. The lowest BCUT2D eigenvalue weighted by Gasteiger charge is -2.45. The van der Waals surface area contributed by atoms with Crippen molar-refractivity contribution in [3.63, 3.8) is 0 Å². The normalized spacial score (nSPS) is 21.0. The van der Waals surface area contributed by atoms with E-state index in [4.69, 9.17) is 24.8 Å². The van der Waals surface area contributed by atoms with Crippen LogP contribution in [0.3, 0.4) is 0 Å². The number of aromatic nitrogens is 7. The quantitative estimate of drug-likeness (QED) is 0.170. The van der Waals surface area contributed by atoms with E-state index >= 15 is 0 Å². The monoisotopic (exact) mass is 794 g/mol. The number of aryl methyl sites for hydroxylation is 2. The molecule has 14 heteroatoms. The van der Waals surface area contributed by atoms with Gasteiger partial charge < -0.3 is 25.0 Å². The van der Waals surface area contributed by atoms with Crippen molar-refractivity contribution in [2.45, 2.75) is 89.3 Å². The summed E-state index contributed by atoms with van der Waals surface area (Å²) in [5.41, 5.74) is 7.71. The molecule has 1 spiro atoms. The smallest absolute Gasteiger partial charge is 0.405 e. The Bertz CT molecular complexity index is 2220. The first-order valence-corrected chi connectivity index (χ1v) is 20.0. The van der Waals surface area contributed by atoms with Crippen molar-refractivity contribution in [1.82, 2.24) is 39.8 Å². The number of piperidine rings is 1. The van der Waals surface area contributed by atoms with Gasteiger partial charge in [0.1, 0.15) is 4.60 Å². The van der Waals surface area contributed by atoms with Gasteiger partial charge in [0.25, 0.3) is 0 Å². The van der Waals surface area contributed by atoms with E-state index in [1.807, 2.05) is 38.0 Å². The molecular weight excluding hydrogens is 748 g/mol. The summed E-state index contributed by atoms with van der Waals surface area (Å²) in [7, 11) is 1.92. The Morgan fingerprint density at radius 1 is 1.06 bits per heavy atom. The molecule has 5 aromatic rings. The van der Waals surface area contributed by atoms with Crippen molar-refractivity contribution in [3.05, 3.63) is 70.2 Å². The highest BCUT2D eigenvalue weighted by atomic mass is 79.9. The second-order valence-electron chi connectivity index (χ2n) is 16.2. The fourth-order valence-electron chi connectivity index (χ4n) is 9.52. The van der Waals surface area contributed by atoms with E-state index in [0.29, 0.717) is 11.2 Å². The summed E-state index contributed by atoms with van der Waals surface area (Å²) in [6.07, 6.45) is 11.2. The Balaban J connectivity index is 1.04. The van der Waals surface area contributed by atoms with Crippen LogP contribution in [0.4, 0.5) is 22.1 Å². The van der Waals surface area contributed by atoms with Gasteiger partial charge in [-0.3, -0.25) is 9.67 Å². The molecule has 2 N–H and O–H groups in total. The number of rotatable bonds is 7. The molecule has 3 aliphatic heterocycles. The first-order valence-electron chi connectivity index (χ1n) is 19.3. The molecule has 1 aromatic carbocycles. The van der Waals surface area contributed by atoms with Crippen LogP contribution in [-0.4, -0.2) is 77.5 Å². The van der Waals surface area contributed by atoms with Gasteiger partial charge in [-0.05, 0) is 122 Å². The highest BCUT2D eigenvalue weighted by Crippen LogP contribution is 2.56. The lowest BCUT2D eigenvalue weighted by Crippen LogP contribution is -2.48. The van der Waals surface area contributed by atoms with Crippen molar-refractivity contribution in [3.8, 4) is 11.3 Å². The van der Waals surface area contributed by atoms with Crippen LogP contribution in [0.2, 0.25) is 0 Å². The highest BCUT2D eigenvalue weighted by molar-refractivity contribution is 9.10. The lowest BCUT2D eigenvalue weighted by atomic mass is 9.66. The fraction of sp³-hybridized carbons (Fsp3) is 0.500. The van der Waals surface area contributed by atoms with E-state index in [1.165, 1.54) is 11.1 Å². The van der Waals surface area contributed by atoms with Gasteiger partial charge in [0, 0.05) is 50.6 Å². The minimum Gasteiger partial charge on any atom is -0.465 e. The Morgan fingerprint density at radius 2 is 1.89 bits per heavy atom. The summed E-state index contributed by atoms with van der Waals surface area (Å²) in [6.45, 7) is 7.14. The third-order valence-corrected chi connectivity index (χ3v) is 12.6. The molecule has 2 atom stereocenters. The van der Waals surface area contributed by atoms with Crippen LogP contribution in [0.5, 0.6) is 0 Å². The maximum Gasteiger partial charge on any atom is 0.405 e. The van der Waals surface area contributed by atoms with Crippen LogP contribution in [-0.2, 0) is 24.6 Å². The van der Waals surface area contributed by atoms with Gasteiger partial charge in [-0.2, -0.15) is 5.10 Å². The number of fused-ring (bicyclic) bond motifs is 3. The van der Waals surface area contributed by atoms with Crippen molar-refractivity contribution in [2.24, 2.45) is 12.5 Å². The molecule has 282 valence electrons. The van der Waals surface area contributed by atoms with Crippen LogP contribution >= 0.6 is 15.9 Å². The van der Waals surface area contributed by atoms with Gasteiger partial charge in [-0.25, -0.2) is 19.4 Å². The Kier molecular flexibility index (Phi) is 8.87. The third-order valence-electron chi connectivity index (χ3n) is 12.1. The number of pyridine rings is 1. The van der Waals surface area contributed by atoms with Gasteiger partial charge in [0.05, 0.1) is 23.3 Å². The molecule has 0 bridgehead atoms. The Hall–Kier alpha value is -4.56. The molecule has 1 amide bonds. The predicted molar refractivity (Wildman–Crippen MR) is 210 cm³/mol. The van der Waals surface area contributed by atoms with E-state index in [9.17, 15) is 9.90 Å². The molecule has 0 saturated carbocycles. The number of ether oxygens (including phenoxy) is 1. The van der Waals surface area contributed by atoms with Crippen LogP contribution in [0.15, 0.2) is 53.4 Å². The number of hydrogen-bond acceptors (Lipinski definition) is 9. The van der Waals surface area contributed by atoms with Crippen molar-refractivity contribution >= 4 is 50.5 Å². The SMILES string of the molecule is Cn1cc(-c2ccc3c(n2)CCCN3c2nn(C3CCCCO3)c3nc(N4CCC5(CC4)Cc4ccccc4[C@H]5CC(C)(C)NC(=O)O)c(Br)nc23)cn1. The number of carbonyl (C=O) groups is 1. The lowest BCUT2D eigenvalue weighted by molar-refractivity contribution is -0.0368. The van der Waals surface area contributed by atoms with Crippen LogP contribution in [0.1, 0.15) is 87.8 Å². The van der Waals surface area contributed by atoms with Crippen molar-refractivity contribution < 1.29 is 14.6 Å². The summed E-state index contributed by atoms with van der Waals surface area (Å²) in [5, 5.41) is 22.0. The highest BCUT2D eigenvalue weighted by Gasteiger charge is 2.49. The van der Waals surface area contributed by atoms with E-state index in [1.54, 1.807) is 4.68 Å². The molecule has 1 unspecified atom stereocenters. The van der Waals surface area contributed by atoms with Crippen LogP contribution < -0.4 is 15.1 Å². The first kappa shape index (κ1) is 35.2. The van der Waals surface area contributed by atoms with E-state index in [0.717, 1.165) is 123 Å². The topological polar surface area (TPSA) is 139 Å². The Labute approximate surface area is 323 Å². The minimum atomic E-state index is -0.980.